The van der Waals surface area contributed by atoms with Crippen molar-refractivity contribution in [2.75, 3.05) is 0 Å². The second-order valence-corrected chi connectivity index (χ2v) is 5.98. The number of benzene rings is 1. The van der Waals surface area contributed by atoms with E-state index in [2.05, 4.69) is 10.4 Å². The number of aromatic nitrogens is 2. The molecule has 24 heavy (non-hydrogen) atoms. The van der Waals surface area contributed by atoms with E-state index in [0.29, 0.717) is 24.2 Å². The summed E-state index contributed by atoms with van der Waals surface area (Å²) >= 11 is 0. The fourth-order valence-corrected chi connectivity index (χ4v) is 2.95. The Bertz CT molecular complexity index is 710. The monoisotopic (exact) mass is 337 g/mol. The van der Waals surface area contributed by atoms with Crippen LogP contribution in [-0.4, -0.2) is 21.7 Å². The van der Waals surface area contributed by atoms with Gasteiger partial charge in [0.2, 0.25) is 5.91 Å². The van der Waals surface area contributed by atoms with E-state index in [1.165, 1.54) is 4.68 Å². The number of para-hydroxylation sites is 1. The molecule has 2 heterocycles. The number of alkyl halides is 3. The van der Waals surface area contributed by atoms with Crippen molar-refractivity contribution < 1.29 is 18.0 Å². The van der Waals surface area contributed by atoms with Crippen LogP contribution >= 0.6 is 0 Å². The molecular formula is C17H18F3N3O. The highest BCUT2D eigenvalue weighted by Gasteiger charge is 2.35. The minimum Gasteiger partial charge on any atom is -0.353 e. The Labute approximate surface area is 137 Å². The van der Waals surface area contributed by atoms with E-state index in [4.69, 9.17) is 0 Å². The topological polar surface area (TPSA) is 46.9 Å². The van der Waals surface area contributed by atoms with Crippen LogP contribution in [-0.2, 0) is 17.4 Å². The van der Waals surface area contributed by atoms with Gasteiger partial charge in [0.05, 0.1) is 5.69 Å². The van der Waals surface area contributed by atoms with Gasteiger partial charge >= 0.3 is 6.18 Å². The first-order valence-electron chi connectivity index (χ1n) is 7.94. The van der Waals surface area contributed by atoms with E-state index in [1.807, 2.05) is 0 Å². The molecule has 1 aliphatic rings. The van der Waals surface area contributed by atoms with Crippen molar-refractivity contribution in [3.05, 3.63) is 47.8 Å². The lowest BCUT2D eigenvalue weighted by Gasteiger charge is -2.16. The lowest BCUT2D eigenvalue weighted by atomic mass is 10.1. The molecule has 0 radical (unpaired) electrons. The molecule has 0 bridgehead atoms. The SMILES string of the molecule is O=C1CCCCC(Cc2cc(C(F)(F)F)nn2-c2ccccc2)N1. The number of hydrogen-bond acceptors (Lipinski definition) is 2. The van der Waals surface area contributed by atoms with Gasteiger partial charge in [-0.2, -0.15) is 18.3 Å². The number of halogens is 3. The quantitative estimate of drug-likeness (QED) is 0.932. The van der Waals surface area contributed by atoms with Gasteiger partial charge in [0.25, 0.3) is 0 Å². The van der Waals surface area contributed by atoms with Gasteiger partial charge in [-0.1, -0.05) is 24.6 Å². The van der Waals surface area contributed by atoms with Crippen LogP contribution in [0.5, 0.6) is 0 Å². The fourth-order valence-electron chi connectivity index (χ4n) is 2.95. The maximum Gasteiger partial charge on any atom is 0.435 e. The molecule has 7 heteroatoms. The molecule has 1 atom stereocenters. The summed E-state index contributed by atoms with van der Waals surface area (Å²) in [5.41, 5.74) is 0.102. The molecule has 1 unspecified atom stereocenters. The zero-order valence-electron chi connectivity index (χ0n) is 13.0. The average molecular weight is 337 g/mol. The minimum absolute atomic E-state index is 0.0423. The third-order valence-corrected chi connectivity index (χ3v) is 4.10. The molecule has 0 spiro atoms. The first-order chi connectivity index (χ1) is 11.4. The summed E-state index contributed by atoms with van der Waals surface area (Å²) in [4.78, 5) is 11.7. The first kappa shape index (κ1) is 16.5. The van der Waals surface area contributed by atoms with Crippen LogP contribution in [0.15, 0.2) is 36.4 Å². The summed E-state index contributed by atoms with van der Waals surface area (Å²) in [7, 11) is 0. The van der Waals surface area contributed by atoms with E-state index in [-0.39, 0.29) is 11.9 Å². The van der Waals surface area contributed by atoms with Gasteiger partial charge in [0, 0.05) is 24.6 Å². The second kappa shape index (κ2) is 6.67. The summed E-state index contributed by atoms with van der Waals surface area (Å²) in [6.07, 6.45) is -1.25. The third kappa shape index (κ3) is 3.77. The molecular weight excluding hydrogens is 319 g/mol. The predicted molar refractivity (Wildman–Crippen MR) is 82.7 cm³/mol. The average Bonchev–Trinajstić information content (AvgIpc) is 2.85. The van der Waals surface area contributed by atoms with Crippen molar-refractivity contribution >= 4 is 5.91 Å². The Balaban J connectivity index is 1.93. The smallest absolute Gasteiger partial charge is 0.353 e. The summed E-state index contributed by atoms with van der Waals surface area (Å²) in [6, 6.07) is 9.63. The molecule has 0 saturated carbocycles. The molecule has 0 aliphatic carbocycles. The van der Waals surface area contributed by atoms with Crippen LogP contribution in [0.3, 0.4) is 0 Å². The van der Waals surface area contributed by atoms with Crippen molar-refractivity contribution in [1.29, 1.82) is 0 Å². The standard InChI is InChI=1S/C17H18F3N3O/c18-17(19,20)15-11-14(10-12-6-4-5-9-16(24)21-12)23(22-15)13-7-2-1-3-8-13/h1-3,7-8,11-12H,4-6,9-10H2,(H,21,24). The van der Waals surface area contributed by atoms with Crippen LogP contribution in [0.1, 0.15) is 37.1 Å². The van der Waals surface area contributed by atoms with Gasteiger partial charge in [0.1, 0.15) is 0 Å². The molecule has 1 aromatic carbocycles. The highest BCUT2D eigenvalue weighted by Crippen LogP contribution is 2.30. The number of nitrogens with zero attached hydrogens (tertiary/aromatic N) is 2. The molecule has 1 aromatic heterocycles. The molecule has 1 saturated heterocycles. The molecule has 4 nitrogen and oxygen atoms in total. The lowest BCUT2D eigenvalue weighted by Crippen LogP contribution is -2.34. The van der Waals surface area contributed by atoms with Gasteiger partial charge in [-0.15, -0.1) is 0 Å². The van der Waals surface area contributed by atoms with Crippen LogP contribution in [0.2, 0.25) is 0 Å². The largest absolute Gasteiger partial charge is 0.435 e. The van der Waals surface area contributed by atoms with Crippen molar-refractivity contribution in [2.45, 2.75) is 44.3 Å². The zero-order chi connectivity index (χ0) is 17.2. The van der Waals surface area contributed by atoms with Gasteiger partial charge in [-0.05, 0) is 31.0 Å². The number of carbonyl (C=O) groups excluding carboxylic acids is 1. The number of amides is 1. The Morgan fingerprint density at radius 2 is 1.96 bits per heavy atom. The van der Waals surface area contributed by atoms with Gasteiger partial charge < -0.3 is 5.32 Å². The van der Waals surface area contributed by atoms with Crippen molar-refractivity contribution in [3.8, 4) is 5.69 Å². The van der Waals surface area contributed by atoms with Crippen molar-refractivity contribution in [2.24, 2.45) is 0 Å². The molecule has 2 aromatic rings. The summed E-state index contributed by atoms with van der Waals surface area (Å²) in [6.45, 7) is 0. The molecule has 128 valence electrons. The Hall–Kier alpha value is -2.31. The normalized spacial score (nSPS) is 19.0. The van der Waals surface area contributed by atoms with E-state index >= 15 is 0 Å². The van der Waals surface area contributed by atoms with Gasteiger partial charge in [-0.25, -0.2) is 4.68 Å². The first-order valence-corrected chi connectivity index (χ1v) is 7.94. The Kier molecular flexibility index (Phi) is 4.59. The molecule has 1 amide bonds. The number of nitrogens with one attached hydrogen (secondary N) is 1. The Morgan fingerprint density at radius 3 is 2.67 bits per heavy atom. The van der Waals surface area contributed by atoms with E-state index < -0.39 is 11.9 Å². The van der Waals surface area contributed by atoms with Crippen molar-refractivity contribution in [1.82, 2.24) is 15.1 Å². The fraction of sp³-hybridized carbons (Fsp3) is 0.412. The van der Waals surface area contributed by atoms with Crippen LogP contribution in [0.4, 0.5) is 13.2 Å². The molecule has 1 fully saturated rings. The summed E-state index contributed by atoms with van der Waals surface area (Å²) in [5.74, 6) is -0.0423. The highest BCUT2D eigenvalue weighted by molar-refractivity contribution is 5.76. The van der Waals surface area contributed by atoms with Crippen LogP contribution < -0.4 is 5.32 Å². The van der Waals surface area contributed by atoms with Crippen LogP contribution in [0.25, 0.3) is 5.69 Å². The maximum atomic E-state index is 13.1. The highest BCUT2D eigenvalue weighted by atomic mass is 19.4. The van der Waals surface area contributed by atoms with E-state index in [9.17, 15) is 18.0 Å². The number of hydrogen-bond donors (Lipinski definition) is 1. The van der Waals surface area contributed by atoms with Crippen LogP contribution in [0, 0.1) is 0 Å². The van der Waals surface area contributed by atoms with E-state index in [1.54, 1.807) is 30.3 Å². The number of rotatable bonds is 3. The number of carbonyl (C=O) groups is 1. The Morgan fingerprint density at radius 1 is 1.21 bits per heavy atom. The second-order valence-electron chi connectivity index (χ2n) is 5.98. The van der Waals surface area contributed by atoms with Gasteiger partial charge in [0.15, 0.2) is 5.69 Å². The molecule has 1 aliphatic heterocycles. The summed E-state index contributed by atoms with van der Waals surface area (Å²) < 4.78 is 40.5. The minimum atomic E-state index is -4.50. The predicted octanol–water partition coefficient (Wildman–Crippen LogP) is 3.49. The lowest BCUT2D eigenvalue weighted by molar-refractivity contribution is -0.141. The van der Waals surface area contributed by atoms with E-state index in [0.717, 1.165) is 25.3 Å². The zero-order valence-corrected chi connectivity index (χ0v) is 13.0. The maximum absolute atomic E-state index is 13.1. The molecule has 3 rings (SSSR count). The molecule has 1 N–H and O–H groups in total. The third-order valence-electron chi connectivity index (χ3n) is 4.10. The van der Waals surface area contributed by atoms with Crippen molar-refractivity contribution in [3.63, 3.8) is 0 Å². The van der Waals surface area contributed by atoms with Gasteiger partial charge in [-0.3, -0.25) is 4.79 Å². The summed E-state index contributed by atoms with van der Waals surface area (Å²) in [5, 5.41) is 6.63.